The maximum atomic E-state index is 9.10. The number of ether oxygens (including phenoxy) is 1. The van der Waals surface area contributed by atoms with Crippen molar-refractivity contribution in [2.45, 2.75) is 19.8 Å². The van der Waals surface area contributed by atoms with Crippen LogP contribution in [0.15, 0.2) is 6.08 Å². The third-order valence-corrected chi connectivity index (χ3v) is 3.44. The molecule has 0 fully saturated rings. The summed E-state index contributed by atoms with van der Waals surface area (Å²) < 4.78 is 14.2. The number of nitrogens with zero attached hydrogens (tertiary/aromatic N) is 3. The molecule has 0 atom stereocenters. The van der Waals surface area contributed by atoms with Crippen molar-refractivity contribution in [2.75, 3.05) is 26.7 Å². The van der Waals surface area contributed by atoms with Gasteiger partial charge >= 0.3 is 11.9 Å². The molecule has 0 aromatic carbocycles. The highest BCUT2D eigenvalue weighted by Gasteiger charge is 2.18. The summed E-state index contributed by atoms with van der Waals surface area (Å²) in [6.07, 6.45) is 4.02. The van der Waals surface area contributed by atoms with E-state index in [9.17, 15) is 0 Å². The molecule has 0 saturated heterocycles. The van der Waals surface area contributed by atoms with Gasteiger partial charge < -0.3 is 19.8 Å². The molecule has 0 saturated carbocycles. The third kappa shape index (κ3) is 6.76. The molecular weight excluding hydrogens is 334 g/mol. The Morgan fingerprint density at radius 1 is 1.38 bits per heavy atom. The minimum Gasteiger partial charge on any atom is -0.474 e. The molecule has 0 unspecified atom stereocenters. The summed E-state index contributed by atoms with van der Waals surface area (Å²) in [6, 6.07) is 0. The molecule has 2 heterocycles. The van der Waals surface area contributed by atoms with E-state index in [0.717, 1.165) is 31.6 Å². The van der Waals surface area contributed by atoms with E-state index in [1.165, 1.54) is 17.3 Å². The zero-order chi connectivity index (χ0) is 17.9. The van der Waals surface area contributed by atoms with Gasteiger partial charge in [-0.2, -0.15) is 4.37 Å². The van der Waals surface area contributed by atoms with Gasteiger partial charge in [-0.05, 0) is 26.0 Å². The molecule has 0 radical (unpaired) electrons. The Bertz CT molecular complexity index is 648. The van der Waals surface area contributed by atoms with Gasteiger partial charge in [-0.15, -0.1) is 16.2 Å². The molecule has 0 bridgehead atoms. The second kappa shape index (κ2) is 10.4. The van der Waals surface area contributed by atoms with E-state index in [1.54, 1.807) is 0 Å². The van der Waals surface area contributed by atoms with Crippen molar-refractivity contribution >= 4 is 29.2 Å². The van der Waals surface area contributed by atoms with Gasteiger partial charge in [0, 0.05) is 19.5 Å². The fraction of sp³-hybridized carbons (Fsp3) is 0.467. The molecule has 2 rings (SSSR count). The first-order chi connectivity index (χ1) is 11.5. The van der Waals surface area contributed by atoms with E-state index < -0.39 is 11.9 Å². The van der Waals surface area contributed by atoms with Gasteiger partial charge in [0.05, 0.1) is 11.7 Å². The summed E-state index contributed by atoms with van der Waals surface area (Å²) in [4.78, 5) is 20.5. The Morgan fingerprint density at radius 2 is 2.08 bits per heavy atom. The number of hydrogen-bond acceptors (Lipinski definition) is 7. The predicted octanol–water partition coefficient (Wildman–Crippen LogP) is 1.20. The zero-order valence-corrected chi connectivity index (χ0v) is 14.3. The Morgan fingerprint density at radius 3 is 2.67 bits per heavy atom. The van der Waals surface area contributed by atoms with Crippen LogP contribution < -0.4 is 4.74 Å². The number of aliphatic carboxylic acids is 2. The average Bonchev–Trinajstić information content (AvgIpc) is 3.00. The first-order valence-corrected chi connectivity index (χ1v) is 7.87. The molecular formula is C15H19N3O5S. The van der Waals surface area contributed by atoms with Crippen molar-refractivity contribution < 1.29 is 24.5 Å². The van der Waals surface area contributed by atoms with E-state index in [0.29, 0.717) is 12.5 Å². The molecule has 9 heteroatoms. The van der Waals surface area contributed by atoms with Crippen molar-refractivity contribution in [3.63, 3.8) is 0 Å². The molecule has 1 aromatic rings. The predicted molar refractivity (Wildman–Crippen MR) is 88.8 cm³/mol. The maximum Gasteiger partial charge on any atom is 0.414 e. The fourth-order valence-corrected chi connectivity index (χ4v) is 2.39. The number of likely N-dealkylation sites (N-methyl/N-ethyl adjacent to an activating group) is 1. The summed E-state index contributed by atoms with van der Waals surface area (Å²) in [7, 11) is 2.12. The van der Waals surface area contributed by atoms with E-state index in [-0.39, 0.29) is 0 Å². The van der Waals surface area contributed by atoms with E-state index in [1.807, 2.05) is 6.92 Å². The van der Waals surface area contributed by atoms with E-state index in [4.69, 9.17) is 24.5 Å². The maximum absolute atomic E-state index is 9.10. The molecule has 0 aliphatic carbocycles. The standard InChI is InChI=1S/C13H17N3OS.C2H2O4/c1-3-4-5-9-17-13-12(14-18-15-13)11-7-6-8-16(2)10-11;3-1(4)2(5)6/h7H,5-6,8-10H2,1-2H3;(H,3,4)(H,5,6). The van der Waals surface area contributed by atoms with Gasteiger partial charge in [0.25, 0.3) is 5.88 Å². The molecule has 0 amide bonds. The molecule has 1 aromatic heterocycles. The number of carboxylic acid groups (broad SMARTS) is 2. The number of carboxylic acids is 2. The van der Waals surface area contributed by atoms with Gasteiger partial charge in [0.15, 0.2) is 0 Å². The molecule has 2 N–H and O–H groups in total. The Labute approximate surface area is 144 Å². The van der Waals surface area contributed by atoms with Crippen LogP contribution >= 0.6 is 11.7 Å². The van der Waals surface area contributed by atoms with Crippen LogP contribution in [-0.2, 0) is 9.59 Å². The molecule has 0 spiro atoms. The third-order valence-electron chi connectivity index (χ3n) is 2.93. The van der Waals surface area contributed by atoms with Crippen LogP contribution in [0.2, 0.25) is 0 Å². The number of hydrogen-bond donors (Lipinski definition) is 2. The summed E-state index contributed by atoms with van der Waals surface area (Å²) in [5.74, 6) is 2.83. The lowest BCUT2D eigenvalue weighted by Crippen LogP contribution is -2.25. The van der Waals surface area contributed by atoms with Crippen LogP contribution in [0.4, 0.5) is 0 Å². The van der Waals surface area contributed by atoms with Crippen molar-refractivity contribution in [3.8, 4) is 17.7 Å². The first kappa shape index (κ1) is 19.6. The number of rotatable bonds is 4. The molecule has 24 heavy (non-hydrogen) atoms. The van der Waals surface area contributed by atoms with Gasteiger partial charge in [-0.25, -0.2) is 9.59 Å². The summed E-state index contributed by atoms with van der Waals surface area (Å²) in [6.45, 7) is 4.42. The SMILES string of the molecule is CC#CCCOc1nsnc1C1=CCCN(C)C1.O=C(O)C(=O)O. The number of carbonyl (C=O) groups is 2. The van der Waals surface area contributed by atoms with Crippen LogP contribution in [0.25, 0.3) is 5.57 Å². The molecule has 1 aliphatic heterocycles. The Balaban J connectivity index is 0.000000413. The fourth-order valence-electron chi connectivity index (χ4n) is 1.86. The summed E-state index contributed by atoms with van der Waals surface area (Å²) in [5, 5.41) is 14.8. The molecule has 130 valence electrons. The minimum absolute atomic E-state index is 0.572. The lowest BCUT2D eigenvalue weighted by atomic mass is 10.1. The van der Waals surface area contributed by atoms with Crippen LogP contribution in [0.5, 0.6) is 5.88 Å². The molecule has 8 nitrogen and oxygen atoms in total. The highest BCUT2D eigenvalue weighted by molar-refractivity contribution is 6.99. The van der Waals surface area contributed by atoms with Crippen molar-refractivity contribution in [3.05, 3.63) is 11.8 Å². The molecule has 1 aliphatic rings. The first-order valence-electron chi connectivity index (χ1n) is 7.14. The lowest BCUT2D eigenvalue weighted by molar-refractivity contribution is -0.159. The van der Waals surface area contributed by atoms with Crippen molar-refractivity contribution in [2.24, 2.45) is 0 Å². The van der Waals surface area contributed by atoms with Crippen LogP contribution in [0.3, 0.4) is 0 Å². The second-order valence-corrected chi connectivity index (χ2v) is 5.34. The quantitative estimate of drug-likeness (QED) is 0.472. The topological polar surface area (TPSA) is 113 Å². The number of aromatic nitrogens is 2. The minimum atomic E-state index is -1.82. The van der Waals surface area contributed by atoms with E-state index in [2.05, 4.69) is 38.6 Å². The van der Waals surface area contributed by atoms with Gasteiger partial charge in [0.2, 0.25) is 0 Å². The van der Waals surface area contributed by atoms with E-state index >= 15 is 0 Å². The normalized spacial score (nSPS) is 13.7. The average molecular weight is 353 g/mol. The van der Waals surface area contributed by atoms with Gasteiger partial charge in [-0.3, -0.25) is 0 Å². The van der Waals surface area contributed by atoms with Crippen LogP contribution in [0.1, 0.15) is 25.5 Å². The van der Waals surface area contributed by atoms with Crippen LogP contribution in [0, 0.1) is 11.8 Å². The largest absolute Gasteiger partial charge is 0.474 e. The smallest absolute Gasteiger partial charge is 0.414 e. The van der Waals surface area contributed by atoms with Crippen LogP contribution in [-0.4, -0.2) is 62.5 Å². The van der Waals surface area contributed by atoms with Gasteiger partial charge in [-0.1, -0.05) is 6.08 Å². The Kier molecular flexibility index (Phi) is 8.46. The summed E-state index contributed by atoms with van der Waals surface area (Å²) >= 11 is 1.20. The lowest BCUT2D eigenvalue weighted by Gasteiger charge is -2.22. The van der Waals surface area contributed by atoms with Crippen molar-refractivity contribution in [1.82, 2.24) is 13.6 Å². The monoisotopic (exact) mass is 353 g/mol. The highest BCUT2D eigenvalue weighted by atomic mass is 32.1. The second-order valence-electron chi connectivity index (χ2n) is 4.81. The summed E-state index contributed by atoms with van der Waals surface area (Å²) in [5.41, 5.74) is 2.12. The van der Waals surface area contributed by atoms with Crippen molar-refractivity contribution in [1.29, 1.82) is 0 Å². The van der Waals surface area contributed by atoms with Gasteiger partial charge in [0.1, 0.15) is 12.3 Å². The Hall–Kier alpha value is -2.44. The highest BCUT2D eigenvalue weighted by Crippen LogP contribution is 2.26. The zero-order valence-electron chi connectivity index (χ0n) is 13.5.